The lowest BCUT2D eigenvalue weighted by Crippen LogP contribution is -2.09. The highest BCUT2D eigenvalue weighted by atomic mass is 16.5. The number of methoxy groups -OCH3 is 2. The molecule has 0 aliphatic rings. The van der Waals surface area contributed by atoms with Gasteiger partial charge in [-0.2, -0.15) is 0 Å². The number of aryl methyl sites for hydroxylation is 1. The number of hydrogen-bond donors (Lipinski definition) is 0. The molecule has 0 aliphatic carbocycles. The molecule has 0 amide bonds. The van der Waals surface area contributed by atoms with E-state index in [1.54, 1.807) is 14.2 Å². The molecule has 52 heavy (non-hydrogen) atoms. The first-order chi connectivity index (χ1) is 25.6. The van der Waals surface area contributed by atoms with Gasteiger partial charge < -0.3 is 28.4 Å². The normalized spacial score (nSPS) is 11.0. The molecular weight excluding hydrogens is 652 g/mol. The van der Waals surface area contributed by atoms with Crippen LogP contribution in [-0.2, 0) is 16.0 Å². The van der Waals surface area contributed by atoms with Gasteiger partial charge in [-0.25, -0.2) is 0 Å². The standard InChI is InChI=1S/C45H52O7/c1-4-5-6-7-8-12-29-49-36-17-14-34(15-18-36)16-27-45(46)52-40-24-26-42-41-25-23-39(48-3)31-35(41)32-44(43(42)33-40)51-38-21-19-37(20-22-38)50-30-13-10-9-11-28-47-2/h4,14-15,17-26,31-33H,1,5-13,16,27-30H2,2-3H3. The van der Waals surface area contributed by atoms with E-state index in [1.807, 2.05) is 97.1 Å². The molecule has 7 nitrogen and oxygen atoms in total. The quantitative estimate of drug-likeness (QED) is 0.0220. The van der Waals surface area contributed by atoms with E-state index in [-0.39, 0.29) is 12.4 Å². The van der Waals surface area contributed by atoms with Gasteiger partial charge in [-0.15, -0.1) is 6.58 Å². The number of unbranched alkanes of at least 4 members (excludes halogenated alkanes) is 7. The third-order valence-corrected chi connectivity index (χ3v) is 9.00. The number of esters is 1. The Morgan fingerprint density at radius 3 is 1.87 bits per heavy atom. The van der Waals surface area contributed by atoms with Crippen molar-refractivity contribution in [2.75, 3.05) is 34.0 Å². The van der Waals surface area contributed by atoms with Crippen LogP contribution in [0.1, 0.15) is 69.8 Å². The monoisotopic (exact) mass is 704 g/mol. The molecule has 274 valence electrons. The second kappa shape index (κ2) is 20.7. The molecule has 0 spiro atoms. The lowest BCUT2D eigenvalue weighted by atomic mass is 10.0. The van der Waals surface area contributed by atoms with E-state index < -0.39 is 0 Å². The smallest absolute Gasteiger partial charge is 0.311 e. The first kappa shape index (κ1) is 38.2. The maximum atomic E-state index is 13.0. The predicted octanol–water partition coefficient (Wildman–Crippen LogP) is 11.4. The summed E-state index contributed by atoms with van der Waals surface area (Å²) in [5, 5.41) is 3.84. The molecular formula is C45H52O7. The van der Waals surface area contributed by atoms with E-state index in [1.165, 1.54) is 12.8 Å². The largest absolute Gasteiger partial charge is 0.497 e. The molecule has 0 saturated heterocycles. The highest BCUT2D eigenvalue weighted by molar-refractivity contribution is 6.11. The summed E-state index contributed by atoms with van der Waals surface area (Å²) in [6.07, 6.45) is 12.8. The van der Waals surface area contributed by atoms with Crippen LogP contribution in [0.3, 0.4) is 0 Å². The maximum absolute atomic E-state index is 13.0. The van der Waals surface area contributed by atoms with E-state index in [0.29, 0.717) is 36.9 Å². The van der Waals surface area contributed by atoms with Crippen molar-refractivity contribution in [3.63, 3.8) is 0 Å². The minimum absolute atomic E-state index is 0.256. The molecule has 0 radical (unpaired) electrons. The number of ether oxygens (including phenoxy) is 6. The van der Waals surface area contributed by atoms with E-state index in [4.69, 9.17) is 28.4 Å². The lowest BCUT2D eigenvalue weighted by molar-refractivity contribution is -0.134. The van der Waals surface area contributed by atoms with Gasteiger partial charge in [0.1, 0.15) is 34.5 Å². The highest BCUT2D eigenvalue weighted by Crippen LogP contribution is 2.39. The molecule has 5 aromatic carbocycles. The molecule has 5 rings (SSSR count). The maximum Gasteiger partial charge on any atom is 0.311 e. The Bertz CT molecular complexity index is 1850. The van der Waals surface area contributed by atoms with Gasteiger partial charge >= 0.3 is 5.97 Å². The van der Waals surface area contributed by atoms with Gasteiger partial charge in [0.2, 0.25) is 0 Å². The zero-order chi connectivity index (χ0) is 36.4. The average molecular weight is 705 g/mol. The summed E-state index contributed by atoms with van der Waals surface area (Å²) in [5.74, 6) is 3.90. The van der Waals surface area contributed by atoms with Crippen LogP contribution in [0.4, 0.5) is 0 Å². The number of carbonyl (C=O) groups excluding carboxylic acids is 1. The van der Waals surface area contributed by atoms with Crippen molar-refractivity contribution in [1.29, 1.82) is 0 Å². The van der Waals surface area contributed by atoms with E-state index in [0.717, 1.165) is 95.9 Å². The topological polar surface area (TPSA) is 72.5 Å². The molecule has 0 atom stereocenters. The van der Waals surface area contributed by atoms with Crippen LogP contribution < -0.4 is 23.7 Å². The Kier molecular flexibility index (Phi) is 15.2. The van der Waals surface area contributed by atoms with Crippen LogP contribution in [0.25, 0.3) is 21.5 Å². The van der Waals surface area contributed by atoms with Crippen molar-refractivity contribution in [3.8, 4) is 34.5 Å². The zero-order valence-electron chi connectivity index (χ0n) is 30.7. The summed E-state index contributed by atoms with van der Waals surface area (Å²) < 4.78 is 34.8. The first-order valence-electron chi connectivity index (χ1n) is 18.5. The van der Waals surface area contributed by atoms with Gasteiger partial charge in [0.15, 0.2) is 0 Å². The number of carbonyl (C=O) groups is 1. The van der Waals surface area contributed by atoms with Gasteiger partial charge in [-0.3, -0.25) is 4.79 Å². The van der Waals surface area contributed by atoms with Gasteiger partial charge in [-0.1, -0.05) is 43.5 Å². The van der Waals surface area contributed by atoms with Crippen molar-refractivity contribution in [3.05, 3.63) is 109 Å². The molecule has 0 N–H and O–H groups in total. The minimum Gasteiger partial charge on any atom is -0.497 e. The number of rotatable bonds is 23. The van der Waals surface area contributed by atoms with Gasteiger partial charge in [0.05, 0.1) is 20.3 Å². The third-order valence-electron chi connectivity index (χ3n) is 9.00. The van der Waals surface area contributed by atoms with Crippen molar-refractivity contribution in [2.45, 2.75) is 70.6 Å². The second-order valence-corrected chi connectivity index (χ2v) is 13.0. The van der Waals surface area contributed by atoms with E-state index in [9.17, 15) is 4.79 Å². The third kappa shape index (κ3) is 11.8. The summed E-state index contributed by atoms with van der Waals surface area (Å²) in [6.45, 7) is 5.96. The number of benzene rings is 5. The molecule has 0 saturated carbocycles. The molecule has 0 aromatic heterocycles. The van der Waals surface area contributed by atoms with Crippen LogP contribution in [0.15, 0.2) is 104 Å². The van der Waals surface area contributed by atoms with Crippen molar-refractivity contribution < 1.29 is 33.2 Å². The minimum atomic E-state index is -0.297. The predicted molar refractivity (Wildman–Crippen MR) is 210 cm³/mol. The Hall–Kier alpha value is -5.01. The molecule has 0 aliphatic heterocycles. The molecule has 7 heteroatoms. The summed E-state index contributed by atoms with van der Waals surface area (Å²) in [6, 6.07) is 29.3. The summed E-state index contributed by atoms with van der Waals surface area (Å²) in [5.41, 5.74) is 1.05. The lowest BCUT2D eigenvalue weighted by Gasteiger charge is -2.14. The first-order valence-corrected chi connectivity index (χ1v) is 18.5. The summed E-state index contributed by atoms with van der Waals surface area (Å²) >= 11 is 0. The molecule has 0 bridgehead atoms. The summed E-state index contributed by atoms with van der Waals surface area (Å²) in [7, 11) is 3.39. The fourth-order valence-corrected chi connectivity index (χ4v) is 6.10. The van der Waals surface area contributed by atoms with Gasteiger partial charge in [0, 0.05) is 25.5 Å². The van der Waals surface area contributed by atoms with E-state index >= 15 is 0 Å². The van der Waals surface area contributed by atoms with Crippen LogP contribution >= 0.6 is 0 Å². The number of fused-ring (bicyclic) bond motifs is 3. The van der Waals surface area contributed by atoms with Crippen LogP contribution in [0, 0.1) is 0 Å². The number of allylic oxidation sites excluding steroid dienone is 1. The second-order valence-electron chi connectivity index (χ2n) is 13.0. The molecule has 5 aromatic rings. The fourth-order valence-electron chi connectivity index (χ4n) is 6.10. The van der Waals surface area contributed by atoms with Crippen LogP contribution in [0.2, 0.25) is 0 Å². The van der Waals surface area contributed by atoms with Gasteiger partial charge in [0.25, 0.3) is 0 Å². The van der Waals surface area contributed by atoms with Crippen LogP contribution in [-0.4, -0.2) is 40.0 Å². The summed E-state index contributed by atoms with van der Waals surface area (Å²) in [4.78, 5) is 13.0. The van der Waals surface area contributed by atoms with Crippen LogP contribution in [0.5, 0.6) is 34.5 Å². The van der Waals surface area contributed by atoms with E-state index in [2.05, 4.69) is 6.58 Å². The average Bonchev–Trinajstić information content (AvgIpc) is 3.17. The van der Waals surface area contributed by atoms with Crippen molar-refractivity contribution in [2.24, 2.45) is 0 Å². The Labute approximate surface area is 308 Å². The SMILES string of the molecule is C=CCCCCCCOc1ccc(CCC(=O)Oc2ccc3c(c2)c(Oc2ccc(OCCCCCCOC)cc2)cc2cc(OC)ccc23)cc1. The van der Waals surface area contributed by atoms with Crippen molar-refractivity contribution >= 4 is 27.5 Å². The van der Waals surface area contributed by atoms with Gasteiger partial charge in [-0.05, 0) is 139 Å². The Balaban J connectivity index is 1.20. The number of hydrogen-bond acceptors (Lipinski definition) is 7. The molecule has 0 heterocycles. The molecule has 0 fully saturated rings. The Morgan fingerprint density at radius 1 is 0.596 bits per heavy atom. The highest BCUT2D eigenvalue weighted by Gasteiger charge is 2.14. The zero-order valence-corrected chi connectivity index (χ0v) is 30.7. The fraction of sp³-hybridized carbons (Fsp3) is 0.356. The van der Waals surface area contributed by atoms with Crippen molar-refractivity contribution in [1.82, 2.24) is 0 Å². The molecule has 0 unspecified atom stereocenters. The Morgan fingerprint density at radius 2 is 1.19 bits per heavy atom.